The van der Waals surface area contributed by atoms with Crippen LogP contribution in [-0.2, 0) is 0 Å². The normalized spacial score (nSPS) is 21.1. The molecule has 0 aromatic rings. The predicted molar refractivity (Wildman–Crippen MR) is 73.2 cm³/mol. The summed E-state index contributed by atoms with van der Waals surface area (Å²) >= 11 is 0. The number of unbranched alkanes of at least 4 members (excludes halogenated alkanes) is 2. The average Bonchev–Trinajstić information content (AvgIpc) is 2.74. The molecule has 1 aliphatic rings. The number of rotatable bonds is 7. The first kappa shape index (κ1) is 13.2. The van der Waals surface area contributed by atoms with Crippen molar-refractivity contribution in [1.29, 1.82) is 0 Å². The van der Waals surface area contributed by atoms with Crippen LogP contribution in [-0.4, -0.2) is 11.8 Å². The summed E-state index contributed by atoms with van der Waals surface area (Å²) in [6.07, 6.45) is 17.4. The molecule has 0 aromatic heterocycles. The molecule has 0 bridgehead atoms. The summed E-state index contributed by atoms with van der Waals surface area (Å²) in [5, 5.41) is 0. The third kappa shape index (κ3) is 5.29. The van der Waals surface area contributed by atoms with Crippen molar-refractivity contribution < 1.29 is 0 Å². The van der Waals surface area contributed by atoms with E-state index in [2.05, 4.69) is 38.2 Å². The van der Waals surface area contributed by atoms with Crippen molar-refractivity contribution in [3.05, 3.63) is 24.3 Å². The van der Waals surface area contributed by atoms with Gasteiger partial charge in [0.25, 0.3) is 0 Å². The summed E-state index contributed by atoms with van der Waals surface area (Å²) in [4.78, 5) is 4.74. The lowest BCUT2D eigenvalue weighted by molar-refractivity contribution is 0.577. The van der Waals surface area contributed by atoms with Gasteiger partial charge >= 0.3 is 0 Å². The SMILES string of the molecule is CCCC=CC=CC1=NC(CCCC)CC1. The number of hydrogen-bond acceptors (Lipinski definition) is 1. The maximum atomic E-state index is 4.74. The minimum absolute atomic E-state index is 0.610. The highest BCUT2D eigenvalue weighted by Crippen LogP contribution is 2.19. The van der Waals surface area contributed by atoms with Crippen LogP contribution in [0.2, 0.25) is 0 Å². The van der Waals surface area contributed by atoms with Gasteiger partial charge in [-0.1, -0.05) is 51.3 Å². The third-order valence-electron chi connectivity index (χ3n) is 2.96. The fourth-order valence-electron chi connectivity index (χ4n) is 1.96. The lowest BCUT2D eigenvalue weighted by Gasteiger charge is -2.02. The maximum Gasteiger partial charge on any atom is 0.0506 e. The quantitative estimate of drug-likeness (QED) is 0.551. The van der Waals surface area contributed by atoms with E-state index in [0.717, 1.165) is 0 Å². The van der Waals surface area contributed by atoms with E-state index in [1.807, 2.05) is 0 Å². The zero-order chi connectivity index (χ0) is 11.6. The fraction of sp³-hybridized carbons (Fsp3) is 0.667. The highest BCUT2D eigenvalue weighted by molar-refractivity contribution is 5.96. The zero-order valence-corrected chi connectivity index (χ0v) is 10.8. The lowest BCUT2D eigenvalue weighted by atomic mass is 10.1. The van der Waals surface area contributed by atoms with Crippen LogP contribution in [0.3, 0.4) is 0 Å². The van der Waals surface area contributed by atoms with Gasteiger partial charge < -0.3 is 0 Å². The van der Waals surface area contributed by atoms with Crippen molar-refractivity contribution in [1.82, 2.24) is 0 Å². The Labute approximate surface area is 100 Å². The number of hydrogen-bond donors (Lipinski definition) is 0. The van der Waals surface area contributed by atoms with Crippen molar-refractivity contribution >= 4 is 5.71 Å². The van der Waals surface area contributed by atoms with Gasteiger partial charge in [0, 0.05) is 5.71 Å². The molecule has 1 heterocycles. The van der Waals surface area contributed by atoms with E-state index in [4.69, 9.17) is 4.99 Å². The Morgan fingerprint density at radius 3 is 2.88 bits per heavy atom. The summed E-state index contributed by atoms with van der Waals surface area (Å²) in [6, 6.07) is 0.610. The van der Waals surface area contributed by atoms with E-state index >= 15 is 0 Å². The Kier molecular flexibility index (Phi) is 6.87. The molecule has 16 heavy (non-hydrogen) atoms. The minimum atomic E-state index is 0.610. The molecule has 90 valence electrons. The largest absolute Gasteiger partial charge is 0.286 e. The Morgan fingerprint density at radius 2 is 2.12 bits per heavy atom. The Hall–Kier alpha value is -0.850. The van der Waals surface area contributed by atoms with Crippen molar-refractivity contribution in [3.8, 4) is 0 Å². The highest BCUT2D eigenvalue weighted by atomic mass is 14.8. The molecular weight excluding hydrogens is 194 g/mol. The van der Waals surface area contributed by atoms with E-state index in [1.165, 1.54) is 50.7 Å². The van der Waals surface area contributed by atoms with Gasteiger partial charge in [-0.25, -0.2) is 0 Å². The molecule has 1 atom stereocenters. The first-order valence-electron chi connectivity index (χ1n) is 6.76. The molecule has 0 N–H and O–H groups in total. The van der Waals surface area contributed by atoms with E-state index < -0.39 is 0 Å². The monoisotopic (exact) mass is 219 g/mol. The topological polar surface area (TPSA) is 12.4 Å². The van der Waals surface area contributed by atoms with E-state index in [9.17, 15) is 0 Å². The molecule has 1 nitrogen and oxygen atoms in total. The van der Waals surface area contributed by atoms with Crippen molar-refractivity contribution in [3.63, 3.8) is 0 Å². The van der Waals surface area contributed by atoms with Gasteiger partial charge in [0.2, 0.25) is 0 Å². The van der Waals surface area contributed by atoms with Gasteiger partial charge in [-0.05, 0) is 31.8 Å². The van der Waals surface area contributed by atoms with Gasteiger partial charge in [-0.3, -0.25) is 4.99 Å². The molecule has 0 saturated carbocycles. The molecule has 0 spiro atoms. The molecular formula is C15H25N. The van der Waals surface area contributed by atoms with Crippen molar-refractivity contribution in [2.24, 2.45) is 4.99 Å². The molecule has 0 aromatic carbocycles. The highest BCUT2D eigenvalue weighted by Gasteiger charge is 2.14. The summed E-state index contributed by atoms with van der Waals surface area (Å²) in [6.45, 7) is 4.45. The van der Waals surface area contributed by atoms with Crippen molar-refractivity contribution in [2.45, 2.75) is 64.8 Å². The fourth-order valence-corrected chi connectivity index (χ4v) is 1.96. The van der Waals surface area contributed by atoms with Gasteiger partial charge in [0.15, 0.2) is 0 Å². The van der Waals surface area contributed by atoms with Gasteiger partial charge in [-0.15, -0.1) is 0 Å². The molecule has 0 radical (unpaired) electrons. The average molecular weight is 219 g/mol. The number of nitrogens with zero attached hydrogens (tertiary/aromatic N) is 1. The minimum Gasteiger partial charge on any atom is -0.286 e. The number of aliphatic imine (C=N–C) groups is 1. The van der Waals surface area contributed by atoms with Crippen LogP contribution in [0.15, 0.2) is 29.3 Å². The second-order valence-electron chi connectivity index (χ2n) is 4.53. The Bertz CT molecular complexity index is 261. The maximum absolute atomic E-state index is 4.74. The molecule has 0 aliphatic carbocycles. The van der Waals surface area contributed by atoms with E-state index in [0.29, 0.717) is 6.04 Å². The predicted octanol–water partition coefficient (Wildman–Crippen LogP) is 4.69. The molecule has 0 saturated heterocycles. The summed E-state index contributed by atoms with van der Waals surface area (Å²) in [5.41, 5.74) is 1.29. The summed E-state index contributed by atoms with van der Waals surface area (Å²) in [5.74, 6) is 0. The van der Waals surface area contributed by atoms with Crippen LogP contribution in [0.5, 0.6) is 0 Å². The molecule has 1 rings (SSSR count). The summed E-state index contributed by atoms with van der Waals surface area (Å²) < 4.78 is 0. The van der Waals surface area contributed by atoms with E-state index in [-0.39, 0.29) is 0 Å². The molecule has 1 heteroatoms. The van der Waals surface area contributed by atoms with Crippen LogP contribution in [0.1, 0.15) is 58.8 Å². The molecule has 0 amide bonds. The zero-order valence-electron chi connectivity index (χ0n) is 10.8. The molecule has 1 unspecified atom stereocenters. The van der Waals surface area contributed by atoms with Crippen LogP contribution < -0.4 is 0 Å². The first-order chi connectivity index (χ1) is 7.86. The van der Waals surface area contributed by atoms with Gasteiger partial charge in [0.1, 0.15) is 0 Å². The smallest absolute Gasteiger partial charge is 0.0506 e. The van der Waals surface area contributed by atoms with Crippen LogP contribution in [0.4, 0.5) is 0 Å². The third-order valence-corrected chi connectivity index (χ3v) is 2.96. The van der Waals surface area contributed by atoms with Gasteiger partial charge in [-0.2, -0.15) is 0 Å². The number of allylic oxidation sites excluding steroid dienone is 4. The first-order valence-corrected chi connectivity index (χ1v) is 6.76. The molecule has 1 aliphatic heterocycles. The van der Waals surface area contributed by atoms with E-state index in [1.54, 1.807) is 0 Å². The molecule has 0 fully saturated rings. The second-order valence-corrected chi connectivity index (χ2v) is 4.53. The van der Waals surface area contributed by atoms with Crippen LogP contribution in [0.25, 0.3) is 0 Å². The Morgan fingerprint density at radius 1 is 1.25 bits per heavy atom. The van der Waals surface area contributed by atoms with Crippen LogP contribution in [0, 0.1) is 0 Å². The summed E-state index contributed by atoms with van der Waals surface area (Å²) in [7, 11) is 0. The van der Waals surface area contributed by atoms with Crippen molar-refractivity contribution in [2.75, 3.05) is 0 Å². The second kappa shape index (κ2) is 8.32. The Balaban J connectivity index is 2.27. The van der Waals surface area contributed by atoms with Gasteiger partial charge in [0.05, 0.1) is 6.04 Å². The lowest BCUT2D eigenvalue weighted by Crippen LogP contribution is -1.97. The van der Waals surface area contributed by atoms with Crippen LogP contribution >= 0.6 is 0 Å². The standard InChI is InChI=1S/C15H25N/c1-3-5-7-8-9-11-15-13-12-14(16-15)10-6-4-2/h7-9,11,14H,3-6,10,12-13H2,1-2H3.